The number of rotatable bonds is 5. The molecule has 2 amide bonds. The van der Waals surface area contributed by atoms with Gasteiger partial charge in [-0.05, 0) is 25.7 Å². The first-order valence-corrected chi connectivity index (χ1v) is 8.29. The summed E-state index contributed by atoms with van der Waals surface area (Å²) in [5, 5.41) is 14.0. The Morgan fingerprint density at radius 2 is 1.79 bits per heavy atom. The molecule has 0 bridgehead atoms. The minimum absolute atomic E-state index is 0.0335. The third kappa shape index (κ3) is 6.42. The SMILES string of the molecule is CS(=O)(=O)CCNC(=O)NC1CCC(C(=O)O)CC1. The van der Waals surface area contributed by atoms with E-state index in [4.69, 9.17) is 5.11 Å². The molecule has 0 aromatic rings. The molecule has 0 saturated heterocycles. The largest absolute Gasteiger partial charge is 0.481 e. The first-order valence-electron chi connectivity index (χ1n) is 6.23. The zero-order chi connectivity index (χ0) is 14.5. The Labute approximate surface area is 112 Å². The minimum atomic E-state index is -3.08. The van der Waals surface area contributed by atoms with Crippen LogP contribution in [0, 0.1) is 5.92 Å². The summed E-state index contributed by atoms with van der Waals surface area (Å²) in [6.45, 7) is 0.0785. The van der Waals surface area contributed by atoms with Crippen LogP contribution in [0.1, 0.15) is 25.7 Å². The molecule has 1 rings (SSSR count). The summed E-state index contributed by atoms with van der Waals surface area (Å²) in [7, 11) is -3.08. The summed E-state index contributed by atoms with van der Waals surface area (Å²) in [6, 6.07) is -0.434. The molecule has 0 atom stereocenters. The topological polar surface area (TPSA) is 113 Å². The third-order valence-corrected chi connectivity index (χ3v) is 4.12. The lowest BCUT2D eigenvalue weighted by molar-refractivity contribution is -0.142. The average Bonchev–Trinajstić information content (AvgIpc) is 2.27. The molecule has 1 aliphatic carbocycles. The molecule has 0 unspecified atom stereocenters. The van der Waals surface area contributed by atoms with Crippen LogP contribution in [0.2, 0.25) is 0 Å². The van der Waals surface area contributed by atoms with E-state index < -0.39 is 21.8 Å². The summed E-state index contributed by atoms with van der Waals surface area (Å²) in [6.07, 6.45) is 3.50. The number of carbonyl (C=O) groups excluding carboxylic acids is 1. The van der Waals surface area contributed by atoms with Crippen molar-refractivity contribution in [1.29, 1.82) is 0 Å². The van der Waals surface area contributed by atoms with E-state index in [-0.39, 0.29) is 24.3 Å². The van der Waals surface area contributed by atoms with Crippen molar-refractivity contribution in [3.05, 3.63) is 0 Å². The third-order valence-electron chi connectivity index (χ3n) is 3.17. The van der Waals surface area contributed by atoms with Gasteiger partial charge in [0, 0.05) is 18.8 Å². The molecule has 3 N–H and O–H groups in total. The Morgan fingerprint density at radius 1 is 1.21 bits per heavy atom. The summed E-state index contributed by atoms with van der Waals surface area (Å²) < 4.78 is 21.8. The molecule has 0 aromatic carbocycles. The number of carbonyl (C=O) groups is 2. The number of urea groups is 1. The van der Waals surface area contributed by atoms with E-state index >= 15 is 0 Å². The number of hydrogen-bond donors (Lipinski definition) is 3. The molecular formula is C11H20N2O5S. The summed E-state index contributed by atoms with van der Waals surface area (Å²) in [4.78, 5) is 22.2. The number of carboxylic acid groups (broad SMARTS) is 1. The fraction of sp³-hybridized carbons (Fsp3) is 0.818. The molecule has 19 heavy (non-hydrogen) atoms. The van der Waals surface area contributed by atoms with Gasteiger partial charge in [-0.2, -0.15) is 0 Å². The molecule has 0 radical (unpaired) electrons. The van der Waals surface area contributed by atoms with E-state index in [0.29, 0.717) is 25.7 Å². The number of amides is 2. The van der Waals surface area contributed by atoms with Crippen LogP contribution in [0.25, 0.3) is 0 Å². The summed E-state index contributed by atoms with van der Waals surface area (Å²) in [5.74, 6) is -1.19. The highest BCUT2D eigenvalue weighted by atomic mass is 32.2. The van der Waals surface area contributed by atoms with Gasteiger partial charge < -0.3 is 15.7 Å². The fourth-order valence-electron chi connectivity index (χ4n) is 2.07. The lowest BCUT2D eigenvalue weighted by Crippen LogP contribution is -2.45. The van der Waals surface area contributed by atoms with Gasteiger partial charge in [0.15, 0.2) is 0 Å². The van der Waals surface area contributed by atoms with Gasteiger partial charge in [-0.25, -0.2) is 13.2 Å². The fourth-order valence-corrected chi connectivity index (χ4v) is 2.54. The zero-order valence-corrected chi connectivity index (χ0v) is 11.7. The van der Waals surface area contributed by atoms with E-state index in [1.165, 1.54) is 0 Å². The maximum atomic E-state index is 11.5. The molecule has 1 saturated carbocycles. The predicted octanol–water partition coefficient (Wildman–Crippen LogP) is -0.0264. The molecule has 7 nitrogen and oxygen atoms in total. The van der Waals surface area contributed by atoms with Crippen molar-refractivity contribution in [3.63, 3.8) is 0 Å². The highest BCUT2D eigenvalue weighted by Gasteiger charge is 2.26. The molecule has 0 spiro atoms. The molecule has 1 fully saturated rings. The highest BCUT2D eigenvalue weighted by Crippen LogP contribution is 2.24. The van der Waals surface area contributed by atoms with Crippen molar-refractivity contribution in [1.82, 2.24) is 10.6 Å². The Hall–Kier alpha value is -1.31. The second-order valence-electron chi connectivity index (χ2n) is 4.92. The van der Waals surface area contributed by atoms with Crippen LogP contribution in [0.3, 0.4) is 0 Å². The van der Waals surface area contributed by atoms with Crippen molar-refractivity contribution in [2.45, 2.75) is 31.7 Å². The Bertz CT molecular complexity index is 426. The van der Waals surface area contributed by atoms with E-state index in [9.17, 15) is 18.0 Å². The molecule has 0 aromatic heterocycles. The molecule has 0 aliphatic heterocycles. The van der Waals surface area contributed by atoms with Crippen molar-refractivity contribution in [2.24, 2.45) is 5.92 Å². The quantitative estimate of drug-likeness (QED) is 0.659. The van der Waals surface area contributed by atoms with Crippen LogP contribution in [0.4, 0.5) is 4.79 Å². The maximum absolute atomic E-state index is 11.5. The van der Waals surface area contributed by atoms with Gasteiger partial charge in [0.25, 0.3) is 0 Å². The van der Waals surface area contributed by atoms with Crippen LogP contribution in [0.15, 0.2) is 0 Å². The Kier molecular flexibility index (Phi) is 5.59. The molecule has 8 heteroatoms. The van der Waals surface area contributed by atoms with Gasteiger partial charge in [0.2, 0.25) is 0 Å². The standard InChI is InChI=1S/C11H20N2O5S/c1-19(17,18)7-6-12-11(16)13-9-4-2-8(3-5-9)10(14)15/h8-9H,2-7H2,1H3,(H,14,15)(H2,12,13,16). The molecule has 1 aliphatic rings. The van der Waals surface area contributed by atoms with Gasteiger partial charge in [-0.3, -0.25) is 4.79 Å². The van der Waals surface area contributed by atoms with E-state index in [1.807, 2.05) is 0 Å². The zero-order valence-electron chi connectivity index (χ0n) is 10.9. The van der Waals surface area contributed by atoms with Crippen LogP contribution in [-0.2, 0) is 14.6 Å². The minimum Gasteiger partial charge on any atom is -0.481 e. The summed E-state index contributed by atoms with van der Waals surface area (Å²) >= 11 is 0. The van der Waals surface area contributed by atoms with Gasteiger partial charge in [0.05, 0.1) is 11.7 Å². The second-order valence-corrected chi connectivity index (χ2v) is 7.18. The monoisotopic (exact) mass is 292 g/mol. The number of sulfone groups is 1. The number of aliphatic carboxylic acids is 1. The van der Waals surface area contributed by atoms with Crippen LogP contribution < -0.4 is 10.6 Å². The highest BCUT2D eigenvalue weighted by molar-refractivity contribution is 7.90. The Balaban J connectivity index is 2.22. The normalized spacial score (nSPS) is 23.6. The molecule has 0 heterocycles. The smallest absolute Gasteiger partial charge is 0.315 e. The number of hydrogen-bond acceptors (Lipinski definition) is 4. The van der Waals surface area contributed by atoms with Gasteiger partial charge in [0.1, 0.15) is 9.84 Å². The van der Waals surface area contributed by atoms with Crippen LogP contribution >= 0.6 is 0 Å². The van der Waals surface area contributed by atoms with Crippen molar-refractivity contribution < 1.29 is 23.1 Å². The van der Waals surface area contributed by atoms with Gasteiger partial charge in [-0.1, -0.05) is 0 Å². The van der Waals surface area contributed by atoms with Gasteiger partial charge in [-0.15, -0.1) is 0 Å². The predicted molar refractivity (Wildman–Crippen MR) is 69.6 cm³/mol. The van der Waals surface area contributed by atoms with Crippen molar-refractivity contribution >= 4 is 21.8 Å². The number of nitrogens with one attached hydrogen (secondary N) is 2. The summed E-state index contributed by atoms with van der Waals surface area (Å²) in [5.41, 5.74) is 0. The van der Waals surface area contributed by atoms with E-state index in [1.54, 1.807) is 0 Å². The first kappa shape index (κ1) is 15.7. The van der Waals surface area contributed by atoms with Crippen molar-refractivity contribution in [2.75, 3.05) is 18.6 Å². The van der Waals surface area contributed by atoms with E-state index in [2.05, 4.69) is 10.6 Å². The molecular weight excluding hydrogens is 272 g/mol. The van der Waals surface area contributed by atoms with Crippen LogP contribution in [0.5, 0.6) is 0 Å². The Morgan fingerprint density at radius 3 is 2.26 bits per heavy atom. The second kappa shape index (κ2) is 6.74. The van der Waals surface area contributed by atoms with Gasteiger partial charge >= 0.3 is 12.0 Å². The molecule has 110 valence electrons. The lowest BCUT2D eigenvalue weighted by atomic mass is 9.86. The van der Waals surface area contributed by atoms with Crippen molar-refractivity contribution in [3.8, 4) is 0 Å². The first-order chi connectivity index (χ1) is 8.78. The average molecular weight is 292 g/mol. The lowest BCUT2D eigenvalue weighted by Gasteiger charge is -2.26. The maximum Gasteiger partial charge on any atom is 0.315 e. The van der Waals surface area contributed by atoms with Crippen LogP contribution in [-0.4, -0.2) is 50.1 Å². The van der Waals surface area contributed by atoms with E-state index in [0.717, 1.165) is 6.26 Å². The number of carboxylic acids is 1.